The fraction of sp³-hybridized carbons (Fsp3) is 0.436. The molecule has 47 heavy (non-hydrogen) atoms. The summed E-state index contributed by atoms with van der Waals surface area (Å²) in [5, 5.41) is 4.60. The molecule has 0 fully saturated rings. The summed E-state index contributed by atoms with van der Waals surface area (Å²) >= 11 is 2.60. The third kappa shape index (κ3) is 6.65. The zero-order valence-electron chi connectivity index (χ0n) is 31.4. The average molecular weight is 747 g/mol. The minimum absolute atomic E-state index is 0. The Labute approximate surface area is 317 Å². The van der Waals surface area contributed by atoms with Gasteiger partial charge in [-0.2, -0.15) is 0 Å². The predicted octanol–water partition coefficient (Wildman–Crippen LogP) is -1.85. The van der Waals surface area contributed by atoms with Crippen molar-refractivity contribution in [1.82, 2.24) is 0 Å². The molecule has 3 aromatic carbocycles. The monoisotopic (exact) mass is 745 g/mol. The van der Waals surface area contributed by atoms with Gasteiger partial charge in [-0.1, -0.05) is 0 Å². The van der Waals surface area contributed by atoms with Gasteiger partial charge in [0.15, 0.2) is 0 Å². The number of hydrogen-bond acceptors (Lipinski definition) is 3. The second kappa shape index (κ2) is 15.5. The van der Waals surface area contributed by atoms with Gasteiger partial charge in [-0.25, -0.2) is 0 Å². The summed E-state index contributed by atoms with van der Waals surface area (Å²) in [6.45, 7) is 23.6. The van der Waals surface area contributed by atoms with Crippen LogP contribution in [-0.2, 0) is 20.4 Å². The molecule has 3 nitrogen and oxygen atoms in total. The summed E-state index contributed by atoms with van der Waals surface area (Å²) < 4.78 is -0.161. The second-order valence-corrected chi connectivity index (χ2v) is 19.9. The molecule has 0 aliphatic heterocycles. The molecule has 0 atom stereocenters. The van der Waals surface area contributed by atoms with Gasteiger partial charge < -0.3 is 37.2 Å². The van der Waals surface area contributed by atoms with Crippen LogP contribution in [0.4, 0.5) is 17.1 Å². The van der Waals surface area contributed by atoms with Crippen molar-refractivity contribution in [1.29, 1.82) is 0 Å². The van der Waals surface area contributed by atoms with E-state index in [1.165, 1.54) is 88.3 Å². The van der Waals surface area contributed by atoms with Crippen LogP contribution in [0.15, 0.2) is 58.7 Å². The molecule has 0 radical (unpaired) electrons. The minimum atomic E-state index is -2.90. The maximum Gasteiger partial charge on any atom is -1.00 e. The number of aryl methyl sites for hydroxylation is 6. The zero-order valence-corrected chi connectivity index (χ0v) is 36.3. The van der Waals surface area contributed by atoms with Gasteiger partial charge in [0, 0.05) is 0 Å². The number of benzene rings is 3. The van der Waals surface area contributed by atoms with E-state index in [1.807, 2.05) is 0 Å². The Hall–Kier alpha value is -1.66. The maximum atomic E-state index is 2.60. The second-order valence-electron chi connectivity index (χ2n) is 14.0. The van der Waals surface area contributed by atoms with Crippen molar-refractivity contribution in [2.45, 2.75) is 72.6 Å². The first kappa shape index (κ1) is 43.4. The van der Waals surface area contributed by atoms with Crippen molar-refractivity contribution in [3.63, 3.8) is 0 Å². The SMILES string of the molecule is CC1=C(C)[C]([Ti+3])([Si](c2cc(C)c(N(C)C)cc2C)(c2cc(C)c(N(C)C)cc2C)c2cc(C)c(N(C)C)cc2C)C(C)=C1C.[Cl-].[Cl-].[Cl-]. The Bertz CT molecular complexity index is 1550. The molecule has 0 amide bonds. The first-order valence-corrected chi connectivity index (χ1v) is 18.6. The number of allylic oxidation sites excluding steroid dienone is 4. The van der Waals surface area contributed by atoms with Crippen LogP contribution in [0, 0.1) is 41.5 Å². The third-order valence-corrected chi connectivity index (χ3v) is 19.5. The molecule has 0 aromatic heterocycles. The van der Waals surface area contributed by atoms with Gasteiger partial charge in [0.1, 0.15) is 0 Å². The molecule has 0 N–H and O–H groups in total. The van der Waals surface area contributed by atoms with Crippen molar-refractivity contribution in [3.8, 4) is 0 Å². The normalized spacial score (nSPS) is 14.0. The Morgan fingerprint density at radius 2 is 0.660 bits per heavy atom. The van der Waals surface area contributed by atoms with Crippen molar-refractivity contribution in [2.24, 2.45) is 0 Å². The summed E-state index contributed by atoms with van der Waals surface area (Å²) in [4.78, 5) is 6.79. The van der Waals surface area contributed by atoms with Gasteiger partial charge in [-0.3, -0.25) is 0 Å². The first-order valence-electron chi connectivity index (χ1n) is 15.8. The molecular weight excluding hydrogens is 693 g/mol. The maximum absolute atomic E-state index is 2.90. The standard InChI is InChI=1S/C39H54N3Si.3ClH.Ti/c1-23-20-36(26(4)17-33(23)40(11)12)43(39-31(9)29(7)30(8)32(39)10,37-21-24(2)34(41(13)14)18-27(37)5)38-22-25(3)35(42(15)16)19-28(38)6;;;;/h17-22H,1-16H3;3*1H;/q;;;;+3/p-3. The molecule has 0 heterocycles. The van der Waals surface area contributed by atoms with E-state index >= 15 is 0 Å². The minimum Gasteiger partial charge on any atom is -1.00 e. The summed E-state index contributed by atoms with van der Waals surface area (Å²) in [7, 11) is 10.1. The first-order chi connectivity index (χ1) is 20.3. The van der Waals surface area contributed by atoms with Crippen LogP contribution in [0.2, 0.25) is 3.34 Å². The molecule has 0 saturated carbocycles. The van der Waals surface area contributed by atoms with Crippen LogP contribution >= 0.6 is 0 Å². The number of hydrogen-bond donors (Lipinski definition) is 0. The largest absolute Gasteiger partial charge is 1.00 e. The van der Waals surface area contributed by atoms with Crippen molar-refractivity contribution in [2.75, 3.05) is 57.0 Å². The molecule has 0 unspecified atom stereocenters. The Morgan fingerprint density at radius 3 is 0.872 bits per heavy atom. The molecule has 1 aliphatic rings. The van der Waals surface area contributed by atoms with Crippen LogP contribution < -0.4 is 67.5 Å². The quantitative estimate of drug-likeness (QED) is 0.208. The van der Waals surface area contributed by atoms with Gasteiger partial charge >= 0.3 is 283 Å². The van der Waals surface area contributed by atoms with Crippen molar-refractivity contribution >= 4 is 40.7 Å². The van der Waals surface area contributed by atoms with Crippen LogP contribution in [0.25, 0.3) is 0 Å². The molecule has 4 rings (SSSR count). The molecular formula is C39H54Cl3N3SiTi. The van der Waals surface area contributed by atoms with Crippen LogP contribution in [-0.4, -0.2) is 50.4 Å². The van der Waals surface area contributed by atoms with Crippen LogP contribution in [0.3, 0.4) is 0 Å². The summed E-state index contributed by atoms with van der Waals surface area (Å²) in [5.74, 6) is 0. The zero-order chi connectivity index (χ0) is 33.2. The Balaban J connectivity index is 0.00000368. The molecule has 0 bridgehead atoms. The average Bonchev–Trinajstić information content (AvgIpc) is 3.09. The number of anilines is 3. The van der Waals surface area contributed by atoms with Gasteiger partial charge in [0.25, 0.3) is 0 Å². The van der Waals surface area contributed by atoms with E-state index in [0.717, 1.165) is 0 Å². The van der Waals surface area contributed by atoms with Crippen LogP contribution in [0.5, 0.6) is 0 Å². The van der Waals surface area contributed by atoms with Crippen molar-refractivity contribution < 1.29 is 57.7 Å². The van der Waals surface area contributed by atoms with E-state index in [1.54, 1.807) is 0 Å². The van der Waals surface area contributed by atoms with Gasteiger partial charge in [-0.15, -0.1) is 0 Å². The van der Waals surface area contributed by atoms with Gasteiger partial charge in [0.05, 0.1) is 0 Å². The van der Waals surface area contributed by atoms with Crippen molar-refractivity contribution in [3.05, 3.63) is 92.1 Å². The number of rotatable bonds is 7. The molecule has 254 valence electrons. The molecule has 1 aliphatic carbocycles. The fourth-order valence-electron chi connectivity index (χ4n) is 8.07. The molecule has 3 aromatic rings. The van der Waals surface area contributed by atoms with E-state index in [0.29, 0.717) is 0 Å². The summed E-state index contributed by atoms with van der Waals surface area (Å²) in [6.07, 6.45) is 0. The van der Waals surface area contributed by atoms with E-state index < -0.39 is 8.07 Å². The third-order valence-electron chi connectivity index (χ3n) is 10.7. The van der Waals surface area contributed by atoms with E-state index in [9.17, 15) is 0 Å². The van der Waals surface area contributed by atoms with E-state index in [-0.39, 0.29) is 40.6 Å². The fourth-order valence-corrected chi connectivity index (χ4v) is 17.4. The molecule has 0 saturated heterocycles. The Kier molecular flexibility index (Phi) is 14.3. The van der Waals surface area contributed by atoms with Gasteiger partial charge in [0.2, 0.25) is 0 Å². The number of nitrogens with zero attached hydrogens (tertiary/aromatic N) is 3. The molecule has 8 heteroatoms. The predicted molar refractivity (Wildman–Crippen MR) is 195 cm³/mol. The Morgan fingerprint density at radius 1 is 0.426 bits per heavy atom. The van der Waals surface area contributed by atoms with E-state index in [4.69, 9.17) is 0 Å². The topological polar surface area (TPSA) is 9.72 Å². The van der Waals surface area contributed by atoms with Crippen LogP contribution in [0.1, 0.15) is 61.1 Å². The summed E-state index contributed by atoms with van der Waals surface area (Å²) in [6, 6.07) is 15.1. The molecule has 0 spiro atoms. The summed E-state index contributed by atoms with van der Waals surface area (Å²) in [5.41, 5.74) is 18.0. The van der Waals surface area contributed by atoms with E-state index in [2.05, 4.69) is 183 Å². The smallest absolute Gasteiger partial charge is 1.00 e. The van der Waals surface area contributed by atoms with Gasteiger partial charge in [-0.05, 0) is 0 Å². The number of halogens is 3.